The van der Waals surface area contributed by atoms with E-state index in [4.69, 9.17) is 16.3 Å². The van der Waals surface area contributed by atoms with Crippen LogP contribution in [0.4, 0.5) is 0 Å². The van der Waals surface area contributed by atoms with Gasteiger partial charge in [0.05, 0.1) is 17.2 Å². The zero-order valence-corrected chi connectivity index (χ0v) is 13.8. The van der Waals surface area contributed by atoms with Crippen molar-refractivity contribution in [1.29, 1.82) is 0 Å². The van der Waals surface area contributed by atoms with Crippen molar-refractivity contribution in [1.82, 2.24) is 4.90 Å². The lowest BCUT2D eigenvalue weighted by molar-refractivity contribution is 0.0672. The van der Waals surface area contributed by atoms with Crippen LogP contribution in [-0.2, 0) is 4.74 Å². The number of carbonyl (C=O) groups is 1. The molecule has 1 aromatic rings. The van der Waals surface area contributed by atoms with Crippen molar-refractivity contribution in [3.05, 3.63) is 33.3 Å². The van der Waals surface area contributed by atoms with Crippen LogP contribution in [-0.4, -0.2) is 37.6 Å². The Bertz CT molecular complexity index is 437. The Morgan fingerprint density at radius 2 is 2.16 bits per heavy atom. The van der Waals surface area contributed by atoms with Crippen LogP contribution in [0.5, 0.6) is 0 Å². The minimum absolute atomic E-state index is 0.0583. The van der Waals surface area contributed by atoms with Crippen molar-refractivity contribution in [2.24, 2.45) is 5.92 Å². The second-order valence-corrected chi connectivity index (χ2v) is 6.08. The molecular weight excluding hydrogens is 330 g/mol. The Morgan fingerprint density at radius 3 is 2.74 bits per heavy atom. The molecule has 0 unspecified atom stereocenters. The predicted molar refractivity (Wildman–Crippen MR) is 81.8 cm³/mol. The summed E-state index contributed by atoms with van der Waals surface area (Å²) < 4.78 is 5.90. The molecule has 0 spiro atoms. The van der Waals surface area contributed by atoms with Crippen LogP contribution in [0.25, 0.3) is 0 Å². The summed E-state index contributed by atoms with van der Waals surface area (Å²) in [4.78, 5) is 14.3. The zero-order valence-electron chi connectivity index (χ0n) is 11.5. The van der Waals surface area contributed by atoms with Gasteiger partial charge in [0.25, 0.3) is 5.91 Å². The minimum Gasteiger partial charge on any atom is -0.383 e. The van der Waals surface area contributed by atoms with Gasteiger partial charge in [-0.3, -0.25) is 4.79 Å². The molecule has 5 heteroatoms. The minimum atomic E-state index is -0.0583. The van der Waals surface area contributed by atoms with E-state index in [1.54, 1.807) is 24.1 Å². The number of methoxy groups -OCH3 is 1. The van der Waals surface area contributed by atoms with E-state index < -0.39 is 0 Å². The first kappa shape index (κ1) is 16.5. The molecule has 1 amide bonds. The Hall–Kier alpha value is -0.580. The molecule has 0 aromatic heterocycles. The van der Waals surface area contributed by atoms with Crippen molar-refractivity contribution in [3.8, 4) is 0 Å². The van der Waals surface area contributed by atoms with Crippen molar-refractivity contribution < 1.29 is 9.53 Å². The Labute approximate surface area is 128 Å². The van der Waals surface area contributed by atoms with Crippen molar-refractivity contribution in [3.63, 3.8) is 0 Å². The number of hydrogen-bond donors (Lipinski definition) is 0. The van der Waals surface area contributed by atoms with Gasteiger partial charge in [0, 0.05) is 24.7 Å². The number of hydrogen-bond acceptors (Lipinski definition) is 2. The van der Waals surface area contributed by atoms with Crippen molar-refractivity contribution >= 4 is 33.4 Å². The molecule has 0 saturated carbocycles. The summed E-state index contributed by atoms with van der Waals surface area (Å²) in [6, 6.07) is 5.30. The summed E-state index contributed by atoms with van der Waals surface area (Å²) in [7, 11) is 1.63. The molecular formula is C14H19BrClNO2. The van der Waals surface area contributed by atoms with Gasteiger partial charge in [0.15, 0.2) is 0 Å². The first-order valence-electron chi connectivity index (χ1n) is 6.19. The van der Waals surface area contributed by atoms with Gasteiger partial charge in [0.1, 0.15) is 0 Å². The van der Waals surface area contributed by atoms with E-state index in [1.165, 1.54) is 0 Å². The lowest BCUT2D eigenvalue weighted by Gasteiger charge is -2.24. The van der Waals surface area contributed by atoms with Crippen LogP contribution >= 0.6 is 27.5 Å². The van der Waals surface area contributed by atoms with E-state index >= 15 is 0 Å². The van der Waals surface area contributed by atoms with Crippen LogP contribution < -0.4 is 0 Å². The molecule has 0 heterocycles. The van der Waals surface area contributed by atoms with Gasteiger partial charge in [-0.15, -0.1) is 0 Å². The van der Waals surface area contributed by atoms with Gasteiger partial charge in [-0.25, -0.2) is 0 Å². The summed E-state index contributed by atoms with van der Waals surface area (Å²) in [6.45, 7) is 5.93. The fourth-order valence-electron chi connectivity index (χ4n) is 1.75. The van der Waals surface area contributed by atoms with Gasteiger partial charge in [-0.05, 0) is 24.1 Å². The second-order valence-electron chi connectivity index (χ2n) is 4.76. The molecule has 0 radical (unpaired) electrons. The summed E-state index contributed by atoms with van der Waals surface area (Å²) in [6.07, 6.45) is 0. The predicted octanol–water partition coefficient (Wildman–Crippen LogP) is 3.85. The highest BCUT2D eigenvalue weighted by Gasteiger charge is 2.19. The quantitative estimate of drug-likeness (QED) is 0.781. The number of rotatable bonds is 6. The molecule has 1 aromatic carbocycles. The molecule has 19 heavy (non-hydrogen) atoms. The Balaban J connectivity index is 2.93. The Morgan fingerprint density at radius 1 is 1.47 bits per heavy atom. The smallest absolute Gasteiger partial charge is 0.255 e. The van der Waals surface area contributed by atoms with Gasteiger partial charge in [-0.2, -0.15) is 0 Å². The van der Waals surface area contributed by atoms with E-state index in [2.05, 4.69) is 29.8 Å². The van der Waals surface area contributed by atoms with Crippen LogP contribution in [0.15, 0.2) is 22.7 Å². The third-order valence-electron chi connectivity index (χ3n) is 2.60. The molecule has 0 fully saturated rings. The van der Waals surface area contributed by atoms with E-state index in [1.807, 2.05) is 6.07 Å². The highest BCUT2D eigenvalue weighted by Crippen LogP contribution is 2.22. The third-order valence-corrected chi connectivity index (χ3v) is 3.42. The average molecular weight is 349 g/mol. The zero-order chi connectivity index (χ0) is 14.4. The summed E-state index contributed by atoms with van der Waals surface area (Å²) >= 11 is 9.47. The number of nitrogens with zero attached hydrogens (tertiary/aromatic N) is 1. The fraction of sp³-hybridized carbons (Fsp3) is 0.500. The molecule has 0 aliphatic rings. The number of halogens is 2. The molecule has 0 atom stereocenters. The van der Waals surface area contributed by atoms with Gasteiger partial charge in [0.2, 0.25) is 0 Å². The summed E-state index contributed by atoms with van der Waals surface area (Å²) in [5.41, 5.74) is 0.521. The monoisotopic (exact) mass is 347 g/mol. The average Bonchev–Trinajstić information content (AvgIpc) is 2.36. The van der Waals surface area contributed by atoms with Crippen LogP contribution in [0.3, 0.4) is 0 Å². The first-order valence-corrected chi connectivity index (χ1v) is 7.36. The van der Waals surface area contributed by atoms with Gasteiger partial charge in [-0.1, -0.05) is 41.4 Å². The lowest BCUT2D eigenvalue weighted by Crippen LogP contribution is -2.36. The normalized spacial score (nSPS) is 10.8. The molecule has 0 aliphatic carbocycles. The highest BCUT2D eigenvalue weighted by molar-refractivity contribution is 9.10. The SMILES string of the molecule is COCCN(CC(C)C)C(=O)c1cc(Br)ccc1Cl. The first-order chi connectivity index (χ1) is 8.95. The maximum absolute atomic E-state index is 12.5. The standard InChI is InChI=1S/C14H19BrClNO2/c1-10(2)9-17(6-7-19-3)14(18)12-8-11(15)4-5-13(12)16/h4-5,8,10H,6-7,9H2,1-3H3. The summed E-state index contributed by atoms with van der Waals surface area (Å²) in [5.74, 6) is 0.337. The van der Waals surface area contributed by atoms with Crippen LogP contribution in [0, 0.1) is 5.92 Å². The molecule has 0 bridgehead atoms. The maximum Gasteiger partial charge on any atom is 0.255 e. The number of benzene rings is 1. The number of amides is 1. The molecule has 106 valence electrons. The van der Waals surface area contributed by atoms with E-state index in [0.29, 0.717) is 36.2 Å². The lowest BCUT2D eigenvalue weighted by atomic mass is 10.1. The van der Waals surface area contributed by atoms with Crippen molar-refractivity contribution in [2.75, 3.05) is 26.8 Å². The highest BCUT2D eigenvalue weighted by atomic mass is 79.9. The molecule has 1 rings (SSSR count). The third kappa shape index (κ3) is 5.13. The molecule has 0 N–H and O–H groups in total. The van der Waals surface area contributed by atoms with Crippen LogP contribution in [0.2, 0.25) is 5.02 Å². The van der Waals surface area contributed by atoms with E-state index in [-0.39, 0.29) is 5.91 Å². The summed E-state index contributed by atoms with van der Waals surface area (Å²) in [5, 5.41) is 0.472. The van der Waals surface area contributed by atoms with Gasteiger partial charge >= 0.3 is 0 Å². The maximum atomic E-state index is 12.5. The molecule has 0 aliphatic heterocycles. The largest absolute Gasteiger partial charge is 0.383 e. The number of carbonyl (C=O) groups excluding carboxylic acids is 1. The van der Waals surface area contributed by atoms with Crippen LogP contribution in [0.1, 0.15) is 24.2 Å². The second kappa shape index (κ2) is 7.88. The number of ether oxygens (including phenoxy) is 1. The molecule has 3 nitrogen and oxygen atoms in total. The topological polar surface area (TPSA) is 29.5 Å². The fourth-order valence-corrected chi connectivity index (χ4v) is 2.31. The van der Waals surface area contributed by atoms with E-state index in [9.17, 15) is 4.79 Å². The van der Waals surface area contributed by atoms with E-state index in [0.717, 1.165) is 4.47 Å². The van der Waals surface area contributed by atoms with Gasteiger partial charge < -0.3 is 9.64 Å². The Kier molecular flexibility index (Phi) is 6.83. The molecule has 0 saturated heterocycles. The van der Waals surface area contributed by atoms with Crippen molar-refractivity contribution in [2.45, 2.75) is 13.8 Å².